The SMILES string of the molecule is CSc1nc(Cl)cc(-n2c(C(F)F)nc3cc(C)ccc32)n1. The fraction of sp³-hybridized carbons (Fsp3) is 0.214. The molecule has 3 rings (SSSR count). The lowest BCUT2D eigenvalue weighted by atomic mass is 10.2. The molecule has 2 heterocycles. The summed E-state index contributed by atoms with van der Waals surface area (Å²) in [6, 6.07) is 6.80. The number of alkyl halides is 2. The number of imidazole rings is 1. The topological polar surface area (TPSA) is 43.6 Å². The molecule has 4 nitrogen and oxygen atoms in total. The second-order valence-electron chi connectivity index (χ2n) is 4.63. The van der Waals surface area contributed by atoms with Crippen molar-refractivity contribution >= 4 is 34.4 Å². The van der Waals surface area contributed by atoms with Crippen molar-refractivity contribution in [1.82, 2.24) is 19.5 Å². The van der Waals surface area contributed by atoms with E-state index >= 15 is 0 Å². The van der Waals surface area contributed by atoms with E-state index in [0.29, 0.717) is 16.2 Å². The quantitative estimate of drug-likeness (QED) is 0.402. The normalized spacial score (nSPS) is 11.5. The molecular formula is C14H11ClF2N4S. The summed E-state index contributed by atoms with van der Waals surface area (Å²) in [6.07, 6.45) is -0.932. The number of thioether (sulfide) groups is 1. The van der Waals surface area contributed by atoms with E-state index in [4.69, 9.17) is 11.6 Å². The summed E-state index contributed by atoms with van der Waals surface area (Å²) in [5, 5.41) is 0.611. The zero-order chi connectivity index (χ0) is 15.9. The van der Waals surface area contributed by atoms with Gasteiger partial charge in [0, 0.05) is 6.07 Å². The number of aromatic nitrogens is 4. The standard InChI is InChI=1S/C14H11ClF2N4S/c1-7-3-4-9-8(5-7)18-13(12(16)17)21(9)11-6-10(15)19-14(20-11)22-2/h3-6,12H,1-2H3. The number of rotatable bonds is 3. The summed E-state index contributed by atoms with van der Waals surface area (Å²) in [5.41, 5.74) is 2.00. The molecule has 2 aromatic heterocycles. The molecule has 0 fully saturated rings. The van der Waals surface area contributed by atoms with E-state index in [0.717, 1.165) is 5.56 Å². The maximum atomic E-state index is 13.4. The molecule has 0 saturated carbocycles. The van der Waals surface area contributed by atoms with Crippen LogP contribution in [0.25, 0.3) is 16.9 Å². The molecule has 114 valence electrons. The fourth-order valence-electron chi connectivity index (χ4n) is 2.19. The Balaban J connectivity index is 2.33. The van der Waals surface area contributed by atoms with Crippen molar-refractivity contribution in [2.75, 3.05) is 6.26 Å². The van der Waals surface area contributed by atoms with Gasteiger partial charge in [0.1, 0.15) is 11.0 Å². The van der Waals surface area contributed by atoms with Gasteiger partial charge in [-0.15, -0.1) is 0 Å². The van der Waals surface area contributed by atoms with E-state index in [2.05, 4.69) is 15.0 Å². The summed E-state index contributed by atoms with van der Waals surface area (Å²) in [7, 11) is 0. The number of halogens is 3. The molecule has 0 radical (unpaired) electrons. The highest BCUT2D eigenvalue weighted by atomic mass is 35.5. The van der Waals surface area contributed by atoms with Crippen LogP contribution >= 0.6 is 23.4 Å². The largest absolute Gasteiger partial charge is 0.296 e. The lowest BCUT2D eigenvalue weighted by Crippen LogP contribution is -2.05. The molecule has 22 heavy (non-hydrogen) atoms. The Kier molecular flexibility index (Phi) is 4.01. The first-order valence-corrected chi connectivity index (χ1v) is 7.96. The van der Waals surface area contributed by atoms with E-state index in [9.17, 15) is 8.78 Å². The van der Waals surface area contributed by atoms with Gasteiger partial charge in [-0.25, -0.2) is 23.7 Å². The maximum absolute atomic E-state index is 13.4. The van der Waals surface area contributed by atoms with Gasteiger partial charge < -0.3 is 0 Å². The van der Waals surface area contributed by atoms with Crippen molar-refractivity contribution in [2.45, 2.75) is 18.5 Å². The van der Waals surface area contributed by atoms with Gasteiger partial charge in [0.25, 0.3) is 6.43 Å². The predicted molar refractivity (Wildman–Crippen MR) is 83.1 cm³/mol. The van der Waals surface area contributed by atoms with Crippen molar-refractivity contribution < 1.29 is 8.78 Å². The van der Waals surface area contributed by atoms with Gasteiger partial charge >= 0.3 is 0 Å². The third-order valence-electron chi connectivity index (χ3n) is 3.10. The van der Waals surface area contributed by atoms with Crippen LogP contribution in [0.2, 0.25) is 5.15 Å². The number of benzene rings is 1. The molecule has 0 aliphatic carbocycles. The fourth-order valence-corrected chi connectivity index (χ4v) is 2.79. The lowest BCUT2D eigenvalue weighted by molar-refractivity contribution is 0.139. The summed E-state index contributed by atoms with van der Waals surface area (Å²) < 4.78 is 28.1. The van der Waals surface area contributed by atoms with Crippen LogP contribution in [0.1, 0.15) is 17.8 Å². The molecule has 0 N–H and O–H groups in total. The van der Waals surface area contributed by atoms with Crippen LogP contribution in [0.3, 0.4) is 0 Å². The second kappa shape index (κ2) is 5.81. The van der Waals surface area contributed by atoms with Gasteiger partial charge in [-0.1, -0.05) is 29.4 Å². The van der Waals surface area contributed by atoms with Crippen LogP contribution in [0.15, 0.2) is 29.4 Å². The molecule has 0 amide bonds. The summed E-state index contributed by atoms with van der Waals surface area (Å²) in [5.74, 6) is -0.0755. The third kappa shape index (κ3) is 2.66. The maximum Gasteiger partial charge on any atom is 0.296 e. The van der Waals surface area contributed by atoms with Crippen LogP contribution in [0, 0.1) is 6.92 Å². The molecule has 8 heteroatoms. The minimum atomic E-state index is -2.72. The zero-order valence-corrected chi connectivity index (χ0v) is 13.3. The van der Waals surface area contributed by atoms with Crippen molar-refractivity contribution in [3.05, 3.63) is 40.8 Å². The predicted octanol–water partition coefficient (Wildman–Crippen LogP) is 4.44. The summed E-state index contributed by atoms with van der Waals surface area (Å²) in [6.45, 7) is 1.88. The van der Waals surface area contributed by atoms with Crippen LogP contribution < -0.4 is 0 Å². The zero-order valence-electron chi connectivity index (χ0n) is 11.7. The Morgan fingerprint density at radius 1 is 1.18 bits per heavy atom. The summed E-state index contributed by atoms with van der Waals surface area (Å²) >= 11 is 7.26. The Labute approximate surface area is 134 Å². The molecule has 3 aromatic rings. The number of hydrogen-bond donors (Lipinski definition) is 0. The van der Waals surface area contributed by atoms with Crippen molar-refractivity contribution in [1.29, 1.82) is 0 Å². The molecule has 0 aliphatic rings. The van der Waals surface area contributed by atoms with E-state index in [1.54, 1.807) is 18.4 Å². The Bertz CT molecular complexity index is 850. The molecule has 0 bridgehead atoms. The van der Waals surface area contributed by atoms with Gasteiger partial charge in [0.15, 0.2) is 11.0 Å². The average molecular weight is 341 g/mol. The van der Waals surface area contributed by atoms with Gasteiger partial charge in [0.2, 0.25) is 0 Å². The first-order chi connectivity index (χ1) is 10.5. The highest BCUT2D eigenvalue weighted by Gasteiger charge is 2.21. The molecular weight excluding hydrogens is 330 g/mol. The van der Waals surface area contributed by atoms with E-state index in [-0.39, 0.29) is 16.8 Å². The van der Waals surface area contributed by atoms with Crippen molar-refractivity contribution in [3.63, 3.8) is 0 Å². The summed E-state index contributed by atoms with van der Waals surface area (Å²) in [4.78, 5) is 12.3. The minimum Gasteiger partial charge on any atom is -0.275 e. The van der Waals surface area contributed by atoms with Crippen LogP contribution in [0.5, 0.6) is 0 Å². The van der Waals surface area contributed by atoms with E-state index in [1.807, 2.05) is 13.0 Å². The van der Waals surface area contributed by atoms with Gasteiger partial charge in [-0.2, -0.15) is 0 Å². The van der Waals surface area contributed by atoms with Crippen molar-refractivity contribution in [2.24, 2.45) is 0 Å². The minimum absolute atomic E-state index is 0.198. The molecule has 0 saturated heterocycles. The van der Waals surface area contributed by atoms with Crippen LogP contribution in [-0.2, 0) is 0 Å². The number of nitrogens with zero attached hydrogens (tertiary/aromatic N) is 4. The molecule has 0 atom stereocenters. The lowest BCUT2D eigenvalue weighted by Gasteiger charge is -2.09. The second-order valence-corrected chi connectivity index (χ2v) is 5.79. The first kappa shape index (κ1) is 15.2. The molecule has 0 spiro atoms. The highest BCUT2D eigenvalue weighted by molar-refractivity contribution is 7.98. The number of hydrogen-bond acceptors (Lipinski definition) is 4. The highest BCUT2D eigenvalue weighted by Crippen LogP contribution is 2.29. The smallest absolute Gasteiger partial charge is 0.275 e. The van der Waals surface area contributed by atoms with Gasteiger partial charge in [-0.3, -0.25) is 4.57 Å². The van der Waals surface area contributed by atoms with Crippen molar-refractivity contribution in [3.8, 4) is 5.82 Å². The van der Waals surface area contributed by atoms with E-state index < -0.39 is 6.43 Å². The Hall–Kier alpha value is -1.73. The Morgan fingerprint density at radius 3 is 2.64 bits per heavy atom. The van der Waals surface area contributed by atoms with Crippen LogP contribution in [0.4, 0.5) is 8.78 Å². The third-order valence-corrected chi connectivity index (χ3v) is 3.84. The number of fused-ring (bicyclic) bond motifs is 1. The average Bonchev–Trinajstić information content (AvgIpc) is 2.85. The first-order valence-electron chi connectivity index (χ1n) is 6.35. The molecule has 0 aliphatic heterocycles. The van der Waals surface area contributed by atoms with E-state index in [1.165, 1.54) is 22.4 Å². The molecule has 1 aromatic carbocycles. The van der Waals surface area contributed by atoms with Gasteiger partial charge in [-0.05, 0) is 30.9 Å². The molecule has 0 unspecified atom stereocenters. The van der Waals surface area contributed by atoms with Crippen LogP contribution in [-0.4, -0.2) is 25.8 Å². The Morgan fingerprint density at radius 2 is 1.95 bits per heavy atom. The number of aryl methyl sites for hydroxylation is 1. The van der Waals surface area contributed by atoms with Gasteiger partial charge in [0.05, 0.1) is 11.0 Å². The monoisotopic (exact) mass is 340 g/mol.